The van der Waals surface area contributed by atoms with Crippen molar-refractivity contribution in [3.63, 3.8) is 0 Å². The number of amides is 2. The van der Waals surface area contributed by atoms with Gasteiger partial charge in [0.2, 0.25) is 5.91 Å². The van der Waals surface area contributed by atoms with Crippen LogP contribution in [0.2, 0.25) is 0 Å². The van der Waals surface area contributed by atoms with Crippen LogP contribution < -0.4 is 11.1 Å². The van der Waals surface area contributed by atoms with E-state index >= 15 is 0 Å². The number of rotatable bonds is 3. The molecule has 5 heteroatoms. The van der Waals surface area contributed by atoms with Crippen LogP contribution in [0.15, 0.2) is 42.5 Å². The maximum atomic E-state index is 13.1. The maximum absolute atomic E-state index is 13.1. The molecule has 4 rings (SSSR count). The van der Waals surface area contributed by atoms with Crippen LogP contribution in [0.5, 0.6) is 0 Å². The highest BCUT2D eigenvalue weighted by Crippen LogP contribution is 2.24. The van der Waals surface area contributed by atoms with E-state index in [0.29, 0.717) is 13.1 Å². The zero-order valence-electron chi connectivity index (χ0n) is 16.3. The van der Waals surface area contributed by atoms with E-state index in [1.165, 1.54) is 0 Å². The Morgan fingerprint density at radius 1 is 0.893 bits per heavy atom. The van der Waals surface area contributed by atoms with E-state index in [9.17, 15) is 9.59 Å². The second-order valence-corrected chi connectivity index (χ2v) is 8.21. The Balaban J connectivity index is 1.34. The summed E-state index contributed by atoms with van der Waals surface area (Å²) >= 11 is 0. The number of carbonyl (C=O) groups is 2. The Bertz CT molecular complexity index is 845. The van der Waals surface area contributed by atoms with Crippen molar-refractivity contribution in [3.05, 3.63) is 48.0 Å². The van der Waals surface area contributed by atoms with Crippen LogP contribution in [0.3, 0.4) is 0 Å². The summed E-state index contributed by atoms with van der Waals surface area (Å²) in [6, 6.07) is 14.4. The van der Waals surface area contributed by atoms with Gasteiger partial charge in [-0.05, 0) is 55.4 Å². The average molecular weight is 380 g/mol. The second-order valence-electron chi connectivity index (χ2n) is 8.21. The third kappa shape index (κ3) is 4.04. The summed E-state index contributed by atoms with van der Waals surface area (Å²) in [7, 11) is 0. The van der Waals surface area contributed by atoms with E-state index in [0.717, 1.165) is 54.9 Å². The number of piperidine rings is 1. The van der Waals surface area contributed by atoms with Gasteiger partial charge < -0.3 is 16.0 Å². The normalized spacial score (nSPS) is 23.5. The second kappa shape index (κ2) is 8.31. The lowest BCUT2D eigenvalue weighted by atomic mass is 9.90. The van der Waals surface area contributed by atoms with Crippen molar-refractivity contribution in [2.45, 2.75) is 50.6 Å². The van der Waals surface area contributed by atoms with Gasteiger partial charge in [-0.3, -0.25) is 9.59 Å². The molecule has 1 heterocycles. The van der Waals surface area contributed by atoms with E-state index in [2.05, 4.69) is 5.32 Å². The minimum absolute atomic E-state index is 0.00664. The van der Waals surface area contributed by atoms with Crippen LogP contribution in [0.1, 0.15) is 48.9 Å². The molecule has 148 valence electrons. The van der Waals surface area contributed by atoms with Crippen LogP contribution in [0, 0.1) is 5.92 Å². The summed E-state index contributed by atoms with van der Waals surface area (Å²) in [6.45, 7) is 1.27. The predicted octanol–water partition coefficient (Wildman–Crippen LogP) is 3.08. The largest absolute Gasteiger partial charge is 0.353 e. The molecule has 1 saturated carbocycles. The van der Waals surface area contributed by atoms with Gasteiger partial charge in [0.15, 0.2) is 0 Å². The number of fused-ring (bicyclic) bond motifs is 1. The molecule has 1 aliphatic carbocycles. The van der Waals surface area contributed by atoms with Gasteiger partial charge in [0, 0.05) is 36.7 Å². The Kier molecular flexibility index (Phi) is 5.62. The van der Waals surface area contributed by atoms with Crippen LogP contribution >= 0.6 is 0 Å². The van der Waals surface area contributed by atoms with Gasteiger partial charge in [-0.15, -0.1) is 0 Å². The van der Waals surface area contributed by atoms with Crippen molar-refractivity contribution >= 4 is 22.6 Å². The van der Waals surface area contributed by atoms with E-state index < -0.39 is 0 Å². The smallest absolute Gasteiger partial charge is 0.254 e. The summed E-state index contributed by atoms with van der Waals surface area (Å²) in [5.41, 5.74) is 6.70. The molecule has 2 aliphatic rings. The average Bonchev–Trinajstić information content (AvgIpc) is 2.74. The first-order valence-electron chi connectivity index (χ1n) is 10.4. The van der Waals surface area contributed by atoms with Gasteiger partial charge in [-0.25, -0.2) is 0 Å². The van der Waals surface area contributed by atoms with Gasteiger partial charge in [0.25, 0.3) is 5.91 Å². The van der Waals surface area contributed by atoms with Crippen molar-refractivity contribution in [1.82, 2.24) is 10.2 Å². The van der Waals surface area contributed by atoms with E-state index in [4.69, 9.17) is 5.73 Å². The first kappa shape index (κ1) is 18.9. The number of hydrogen-bond acceptors (Lipinski definition) is 3. The predicted molar refractivity (Wildman–Crippen MR) is 111 cm³/mol. The molecule has 2 amide bonds. The van der Waals surface area contributed by atoms with Crippen LogP contribution in [0.4, 0.5) is 0 Å². The lowest BCUT2D eigenvalue weighted by molar-refractivity contribution is -0.127. The topological polar surface area (TPSA) is 75.4 Å². The van der Waals surface area contributed by atoms with Gasteiger partial charge in [0.05, 0.1) is 0 Å². The Labute approximate surface area is 166 Å². The molecular formula is C23H29N3O2. The summed E-state index contributed by atoms with van der Waals surface area (Å²) in [5.74, 6) is 0.224. The highest BCUT2D eigenvalue weighted by atomic mass is 16.2. The first-order chi connectivity index (χ1) is 13.6. The number of carbonyl (C=O) groups excluding carboxylic acids is 2. The van der Waals surface area contributed by atoms with Crippen molar-refractivity contribution in [2.75, 3.05) is 13.1 Å². The molecule has 0 unspecified atom stereocenters. The number of nitrogens with two attached hydrogens (primary N) is 1. The lowest BCUT2D eigenvalue weighted by Crippen LogP contribution is -2.46. The molecule has 3 N–H and O–H groups in total. The van der Waals surface area contributed by atoms with Crippen molar-refractivity contribution < 1.29 is 9.59 Å². The molecule has 0 aromatic heterocycles. The van der Waals surface area contributed by atoms with Gasteiger partial charge in [-0.2, -0.15) is 0 Å². The number of nitrogens with zero attached hydrogens (tertiary/aromatic N) is 1. The highest BCUT2D eigenvalue weighted by molar-refractivity contribution is 6.07. The fraction of sp³-hybridized carbons (Fsp3) is 0.478. The summed E-state index contributed by atoms with van der Waals surface area (Å²) in [4.78, 5) is 27.6. The Morgan fingerprint density at radius 3 is 2.32 bits per heavy atom. The fourth-order valence-corrected chi connectivity index (χ4v) is 4.51. The summed E-state index contributed by atoms with van der Waals surface area (Å²) < 4.78 is 0. The van der Waals surface area contributed by atoms with Crippen LogP contribution in [-0.2, 0) is 4.79 Å². The quantitative estimate of drug-likeness (QED) is 0.861. The molecule has 2 aromatic rings. The van der Waals surface area contributed by atoms with Crippen molar-refractivity contribution in [3.8, 4) is 0 Å². The van der Waals surface area contributed by atoms with E-state index in [1.807, 2.05) is 47.4 Å². The molecular weight excluding hydrogens is 350 g/mol. The summed E-state index contributed by atoms with van der Waals surface area (Å²) in [6.07, 6.45) is 5.39. The third-order valence-corrected chi connectivity index (χ3v) is 6.29. The Hall–Kier alpha value is -2.40. The first-order valence-corrected chi connectivity index (χ1v) is 10.4. The molecule has 28 heavy (non-hydrogen) atoms. The minimum Gasteiger partial charge on any atom is -0.353 e. The van der Waals surface area contributed by atoms with E-state index in [1.54, 1.807) is 0 Å². The molecule has 2 aromatic carbocycles. The zero-order chi connectivity index (χ0) is 19.5. The van der Waals surface area contributed by atoms with Gasteiger partial charge >= 0.3 is 0 Å². The molecule has 0 spiro atoms. The van der Waals surface area contributed by atoms with Crippen LogP contribution in [-0.4, -0.2) is 41.9 Å². The van der Waals surface area contributed by atoms with Crippen molar-refractivity contribution in [1.29, 1.82) is 0 Å². The molecule has 1 aliphatic heterocycles. The highest BCUT2D eigenvalue weighted by Gasteiger charge is 2.30. The standard InChI is InChI=1S/C23H29N3O2/c24-18-8-10-19(11-9-18)25-22(27)17-12-14-26(15-13-17)23(28)21-7-3-5-16-4-1-2-6-20(16)21/h1-7,17-19H,8-15,24H2,(H,25,27). The molecule has 0 radical (unpaired) electrons. The van der Waals surface area contributed by atoms with E-state index in [-0.39, 0.29) is 29.8 Å². The van der Waals surface area contributed by atoms with Crippen LogP contribution in [0.25, 0.3) is 10.8 Å². The third-order valence-electron chi connectivity index (χ3n) is 6.29. The lowest BCUT2D eigenvalue weighted by Gasteiger charge is -2.33. The minimum atomic E-state index is 0.00664. The molecule has 1 saturated heterocycles. The molecule has 0 bridgehead atoms. The zero-order valence-corrected chi connectivity index (χ0v) is 16.3. The SMILES string of the molecule is NC1CCC(NC(=O)C2CCN(C(=O)c3cccc4ccccc34)CC2)CC1. The maximum Gasteiger partial charge on any atom is 0.254 e. The molecule has 5 nitrogen and oxygen atoms in total. The molecule has 0 atom stereocenters. The van der Waals surface area contributed by atoms with Gasteiger partial charge in [-0.1, -0.05) is 36.4 Å². The monoisotopic (exact) mass is 379 g/mol. The number of nitrogens with one attached hydrogen (secondary N) is 1. The Morgan fingerprint density at radius 2 is 1.57 bits per heavy atom. The fourth-order valence-electron chi connectivity index (χ4n) is 4.51. The number of likely N-dealkylation sites (tertiary alicyclic amines) is 1. The number of hydrogen-bond donors (Lipinski definition) is 2. The summed E-state index contributed by atoms with van der Waals surface area (Å²) in [5, 5.41) is 5.28. The van der Waals surface area contributed by atoms with Gasteiger partial charge in [0.1, 0.15) is 0 Å². The van der Waals surface area contributed by atoms with Crippen molar-refractivity contribution in [2.24, 2.45) is 11.7 Å². The molecule has 2 fully saturated rings. The number of benzene rings is 2.